The van der Waals surface area contributed by atoms with Crippen LogP contribution >= 0.6 is 11.3 Å². The third-order valence-electron chi connectivity index (χ3n) is 2.63. The molecule has 0 amide bonds. The lowest BCUT2D eigenvalue weighted by atomic mass is 10.3. The lowest BCUT2D eigenvalue weighted by Crippen LogP contribution is -2.12. The van der Waals surface area contributed by atoms with E-state index in [0.29, 0.717) is 10.2 Å². The Morgan fingerprint density at radius 1 is 1.10 bits per heavy atom. The van der Waals surface area contributed by atoms with Crippen molar-refractivity contribution in [2.45, 2.75) is 4.90 Å². The predicted octanol–water partition coefficient (Wildman–Crippen LogP) is 3.24. The van der Waals surface area contributed by atoms with Crippen molar-refractivity contribution in [3.05, 3.63) is 54.3 Å². The first kappa shape index (κ1) is 13.0. The van der Waals surface area contributed by atoms with E-state index in [4.69, 9.17) is 0 Å². The summed E-state index contributed by atoms with van der Waals surface area (Å²) in [7, 11) is -3.67. The number of fused-ring (bicyclic) bond motifs is 1. The third-order valence-corrected chi connectivity index (χ3v) is 5.04. The molecule has 0 atom stereocenters. The maximum atomic E-state index is 13.1. The van der Waals surface area contributed by atoms with Crippen molar-refractivity contribution >= 4 is 36.7 Å². The van der Waals surface area contributed by atoms with Crippen LogP contribution in [0.1, 0.15) is 0 Å². The van der Waals surface area contributed by atoms with Gasteiger partial charge in [-0.2, -0.15) is 0 Å². The largest absolute Gasteiger partial charge is 0.263 e. The van der Waals surface area contributed by atoms with E-state index in [1.165, 1.54) is 30.3 Å². The maximum Gasteiger partial charge on any atom is 0.263 e. The quantitative estimate of drug-likeness (QED) is 0.808. The first-order chi connectivity index (χ1) is 9.54. The van der Waals surface area contributed by atoms with Gasteiger partial charge in [0.1, 0.15) is 5.82 Å². The van der Waals surface area contributed by atoms with E-state index >= 15 is 0 Å². The average Bonchev–Trinajstić information content (AvgIpc) is 2.80. The molecule has 2 aromatic carbocycles. The number of hydrogen-bond acceptors (Lipinski definition) is 4. The van der Waals surface area contributed by atoms with Crippen LogP contribution in [0.3, 0.4) is 0 Å². The number of thiazole rings is 1. The highest BCUT2D eigenvalue weighted by molar-refractivity contribution is 7.93. The predicted molar refractivity (Wildman–Crippen MR) is 76.8 cm³/mol. The molecule has 7 heteroatoms. The molecule has 1 aromatic heterocycles. The summed E-state index contributed by atoms with van der Waals surface area (Å²) in [6.07, 6.45) is 0. The first-order valence-corrected chi connectivity index (χ1v) is 7.98. The first-order valence-electron chi connectivity index (χ1n) is 5.68. The van der Waals surface area contributed by atoms with Crippen LogP contribution in [0.4, 0.5) is 9.52 Å². The Balaban J connectivity index is 1.97. The zero-order chi connectivity index (χ0) is 14.2. The van der Waals surface area contributed by atoms with Crippen molar-refractivity contribution in [2.75, 3.05) is 4.72 Å². The fourth-order valence-corrected chi connectivity index (χ4v) is 3.86. The molecule has 4 nitrogen and oxygen atoms in total. The highest BCUT2D eigenvalue weighted by atomic mass is 32.2. The number of anilines is 1. The molecule has 0 aliphatic rings. The zero-order valence-corrected chi connectivity index (χ0v) is 11.7. The lowest BCUT2D eigenvalue weighted by molar-refractivity contribution is 0.601. The van der Waals surface area contributed by atoms with Crippen LogP contribution in [-0.2, 0) is 10.0 Å². The van der Waals surface area contributed by atoms with Gasteiger partial charge in [0.25, 0.3) is 10.0 Å². The number of hydrogen-bond donors (Lipinski definition) is 1. The van der Waals surface area contributed by atoms with Gasteiger partial charge >= 0.3 is 0 Å². The second kappa shape index (κ2) is 4.84. The van der Waals surface area contributed by atoms with Crippen LogP contribution in [0, 0.1) is 5.82 Å². The fourth-order valence-electron chi connectivity index (χ4n) is 1.72. The molecule has 0 aliphatic heterocycles. The fraction of sp³-hybridized carbons (Fsp3) is 0. The van der Waals surface area contributed by atoms with Gasteiger partial charge < -0.3 is 0 Å². The van der Waals surface area contributed by atoms with Crippen LogP contribution in [0.5, 0.6) is 0 Å². The molecule has 0 unspecified atom stereocenters. The molecule has 0 saturated heterocycles. The number of rotatable bonds is 3. The van der Waals surface area contributed by atoms with Crippen LogP contribution < -0.4 is 4.72 Å². The summed E-state index contributed by atoms with van der Waals surface area (Å²) in [6, 6.07) is 12.1. The number of sulfonamides is 1. The van der Waals surface area contributed by atoms with Gasteiger partial charge in [-0.25, -0.2) is 17.8 Å². The Bertz CT molecular complexity index is 860. The van der Waals surface area contributed by atoms with Crippen molar-refractivity contribution in [1.29, 1.82) is 0 Å². The average molecular weight is 308 g/mol. The van der Waals surface area contributed by atoms with Crippen molar-refractivity contribution in [3.63, 3.8) is 0 Å². The second-order valence-corrected chi connectivity index (χ2v) is 6.76. The molecule has 0 radical (unpaired) electrons. The van der Waals surface area contributed by atoms with E-state index in [9.17, 15) is 12.8 Å². The molecule has 1 N–H and O–H groups in total. The smallest absolute Gasteiger partial charge is 0.255 e. The van der Waals surface area contributed by atoms with Crippen LogP contribution in [0.25, 0.3) is 10.2 Å². The summed E-state index contributed by atoms with van der Waals surface area (Å²) in [5.41, 5.74) is 0.558. The van der Waals surface area contributed by atoms with Gasteiger partial charge in [0, 0.05) is 0 Å². The molecular weight excluding hydrogens is 299 g/mol. The molecule has 3 aromatic rings. The molecule has 0 aliphatic carbocycles. The number of nitrogens with one attached hydrogen (secondary N) is 1. The van der Waals surface area contributed by atoms with Gasteiger partial charge in [0.05, 0.1) is 15.1 Å². The molecule has 0 spiro atoms. The third kappa shape index (κ3) is 2.50. The Morgan fingerprint density at radius 2 is 1.85 bits per heavy atom. The topological polar surface area (TPSA) is 59.1 Å². The molecule has 1 heterocycles. The summed E-state index contributed by atoms with van der Waals surface area (Å²) in [6.45, 7) is 0. The highest BCUT2D eigenvalue weighted by Crippen LogP contribution is 2.28. The Kier molecular flexibility index (Phi) is 3.15. The number of halogens is 1. The van der Waals surface area contributed by atoms with E-state index in [0.717, 1.165) is 11.3 Å². The van der Waals surface area contributed by atoms with Gasteiger partial charge in [-0.1, -0.05) is 29.5 Å². The molecule has 3 rings (SSSR count). The van der Waals surface area contributed by atoms with Crippen molar-refractivity contribution in [3.8, 4) is 0 Å². The maximum absolute atomic E-state index is 13.1. The minimum atomic E-state index is -3.67. The van der Waals surface area contributed by atoms with Crippen LogP contribution in [0.15, 0.2) is 53.4 Å². The molecular formula is C13H9FN2O2S2. The number of nitrogens with zero attached hydrogens (tertiary/aromatic N) is 1. The van der Waals surface area contributed by atoms with E-state index in [-0.39, 0.29) is 15.8 Å². The minimum Gasteiger partial charge on any atom is -0.255 e. The van der Waals surface area contributed by atoms with E-state index in [1.54, 1.807) is 18.2 Å². The van der Waals surface area contributed by atoms with Crippen molar-refractivity contribution in [1.82, 2.24) is 4.98 Å². The summed E-state index contributed by atoms with van der Waals surface area (Å²) in [5.74, 6) is -0.376. The van der Waals surface area contributed by atoms with Gasteiger partial charge in [-0.05, 0) is 30.3 Å². The van der Waals surface area contributed by atoms with E-state index < -0.39 is 10.0 Å². The normalized spacial score (nSPS) is 11.7. The summed E-state index contributed by atoms with van der Waals surface area (Å²) < 4.78 is 40.3. The molecule has 102 valence electrons. The van der Waals surface area contributed by atoms with E-state index in [2.05, 4.69) is 9.71 Å². The molecule has 20 heavy (non-hydrogen) atoms. The summed E-state index contributed by atoms with van der Waals surface area (Å²) >= 11 is 1.09. The van der Waals surface area contributed by atoms with Crippen molar-refractivity contribution < 1.29 is 12.8 Å². The number of aromatic nitrogens is 1. The molecule has 0 bridgehead atoms. The van der Waals surface area contributed by atoms with Crippen LogP contribution in [-0.4, -0.2) is 13.4 Å². The van der Waals surface area contributed by atoms with Gasteiger partial charge in [-0.3, -0.25) is 4.72 Å². The zero-order valence-electron chi connectivity index (χ0n) is 10.1. The van der Waals surface area contributed by atoms with Gasteiger partial charge in [-0.15, -0.1) is 0 Å². The monoisotopic (exact) mass is 308 g/mol. The Hall–Kier alpha value is -1.99. The SMILES string of the molecule is O=S(=O)(Nc1nc2ccc(F)cc2s1)c1ccccc1. The minimum absolute atomic E-state index is 0.158. The summed E-state index contributed by atoms with van der Waals surface area (Å²) in [4.78, 5) is 4.28. The lowest BCUT2D eigenvalue weighted by Gasteiger charge is -2.03. The Labute approximate surface area is 119 Å². The van der Waals surface area contributed by atoms with Crippen LogP contribution in [0.2, 0.25) is 0 Å². The van der Waals surface area contributed by atoms with Gasteiger partial charge in [0.15, 0.2) is 5.13 Å². The number of benzene rings is 2. The second-order valence-electron chi connectivity index (χ2n) is 4.05. The summed E-state index contributed by atoms with van der Waals surface area (Å²) in [5, 5.41) is 0.217. The molecule has 0 saturated carbocycles. The van der Waals surface area contributed by atoms with E-state index in [1.807, 2.05) is 0 Å². The Morgan fingerprint density at radius 3 is 2.60 bits per heavy atom. The van der Waals surface area contributed by atoms with Crippen molar-refractivity contribution in [2.24, 2.45) is 0 Å². The highest BCUT2D eigenvalue weighted by Gasteiger charge is 2.16. The van der Waals surface area contributed by atoms with Gasteiger partial charge in [0.2, 0.25) is 0 Å². The standard InChI is InChI=1S/C13H9FN2O2S2/c14-9-6-7-11-12(8-9)19-13(15-11)16-20(17,18)10-4-2-1-3-5-10/h1-8H,(H,15,16). The molecule has 0 fully saturated rings.